The van der Waals surface area contributed by atoms with E-state index in [-0.39, 0.29) is 17.7 Å². The van der Waals surface area contributed by atoms with Gasteiger partial charge in [0.1, 0.15) is 0 Å². The highest BCUT2D eigenvalue weighted by atomic mass is 32.2. The van der Waals surface area contributed by atoms with Crippen molar-refractivity contribution in [3.8, 4) is 0 Å². The van der Waals surface area contributed by atoms with Crippen LogP contribution in [0.4, 0.5) is 0 Å². The Bertz CT molecular complexity index is 759. The van der Waals surface area contributed by atoms with Crippen LogP contribution >= 0.6 is 0 Å². The Hall–Kier alpha value is -1.60. The highest BCUT2D eigenvalue weighted by molar-refractivity contribution is 7.91. The first-order valence-corrected chi connectivity index (χ1v) is 12.3. The summed E-state index contributed by atoms with van der Waals surface area (Å²) in [6.45, 7) is 13.9. The highest BCUT2D eigenvalue weighted by Crippen LogP contribution is 2.23. The van der Waals surface area contributed by atoms with E-state index in [1.165, 1.54) is 0 Å². The van der Waals surface area contributed by atoms with Gasteiger partial charge in [-0.2, -0.15) is 0 Å². The number of likely N-dealkylation sites (tertiary alicyclic amines) is 1. The lowest BCUT2D eigenvalue weighted by Gasteiger charge is -2.34. The molecule has 1 aliphatic rings. The summed E-state index contributed by atoms with van der Waals surface area (Å²) in [5, 5.41) is 3.29. The SMILES string of the molecule is CCNC(=NCCS(=O)(=O)c1ccc(C(C)(C)C)cc1)N1CCC(OCC)CC1. The second-order valence-electron chi connectivity index (χ2n) is 8.47. The van der Waals surface area contributed by atoms with Crippen molar-refractivity contribution in [1.29, 1.82) is 0 Å². The third kappa shape index (κ3) is 7.00. The molecule has 1 aromatic rings. The number of hydrogen-bond acceptors (Lipinski definition) is 4. The van der Waals surface area contributed by atoms with E-state index in [0.717, 1.165) is 50.6 Å². The van der Waals surface area contributed by atoms with Crippen molar-refractivity contribution >= 4 is 15.8 Å². The van der Waals surface area contributed by atoms with E-state index in [1.807, 2.05) is 26.0 Å². The largest absolute Gasteiger partial charge is 0.378 e. The number of ether oxygens (including phenoxy) is 1. The maximum absolute atomic E-state index is 12.7. The molecule has 1 fully saturated rings. The second kappa shape index (κ2) is 10.4. The summed E-state index contributed by atoms with van der Waals surface area (Å²) in [6.07, 6.45) is 2.25. The normalized spacial score (nSPS) is 16.9. The zero-order chi connectivity index (χ0) is 21.5. The third-order valence-electron chi connectivity index (χ3n) is 5.18. The average Bonchev–Trinajstić information content (AvgIpc) is 2.68. The van der Waals surface area contributed by atoms with E-state index in [2.05, 4.69) is 36.0 Å². The maximum atomic E-state index is 12.7. The van der Waals surface area contributed by atoms with Crippen LogP contribution in [0, 0.1) is 0 Å². The van der Waals surface area contributed by atoms with Gasteiger partial charge in [0.2, 0.25) is 0 Å². The van der Waals surface area contributed by atoms with Crippen LogP contribution < -0.4 is 5.32 Å². The lowest BCUT2D eigenvalue weighted by atomic mass is 9.87. The number of sulfone groups is 1. The molecule has 0 bridgehead atoms. The van der Waals surface area contributed by atoms with Gasteiger partial charge in [0.05, 0.1) is 23.3 Å². The first-order valence-electron chi connectivity index (χ1n) is 10.7. The van der Waals surface area contributed by atoms with Gasteiger partial charge < -0.3 is 15.0 Å². The molecule has 29 heavy (non-hydrogen) atoms. The predicted molar refractivity (Wildman–Crippen MR) is 119 cm³/mol. The molecule has 1 aliphatic heterocycles. The fourth-order valence-corrected chi connectivity index (χ4v) is 4.57. The van der Waals surface area contributed by atoms with Crippen LogP contribution in [0.2, 0.25) is 0 Å². The summed E-state index contributed by atoms with van der Waals surface area (Å²) in [7, 11) is -3.35. The molecule has 0 aliphatic carbocycles. The summed E-state index contributed by atoms with van der Waals surface area (Å²) < 4.78 is 31.1. The van der Waals surface area contributed by atoms with E-state index in [9.17, 15) is 8.42 Å². The van der Waals surface area contributed by atoms with Crippen molar-refractivity contribution in [2.24, 2.45) is 4.99 Å². The van der Waals surface area contributed by atoms with Gasteiger partial charge in [0, 0.05) is 26.2 Å². The van der Waals surface area contributed by atoms with Gasteiger partial charge in [-0.3, -0.25) is 4.99 Å². The van der Waals surface area contributed by atoms with Crippen molar-refractivity contribution in [1.82, 2.24) is 10.2 Å². The summed E-state index contributed by atoms with van der Waals surface area (Å²) >= 11 is 0. The Morgan fingerprint density at radius 2 is 1.79 bits per heavy atom. The molecule has 1 N–H and O–H groups in total. The number of nitrogens with zero attached hydrogens (tertiary/aromatic N) is 2. The summed E-state index contributed by atoms with van der Waals surface area (Å²) in [4.78, 5) is 7.15. The van der Waals surface area contributed by atoms with Crippen molar-refractivity contribution in [3.63, 3.8) is 0 Å². The van der Waals surface area contributed by atoms with Crippen LogP contribution in [0.5, 0.6) is 0 Å². The van der Waals surface area contributed by atoms with Crippen LogP contribution in [0.1, 0.15) is 53.0 Å². The van der Waals surface area contributed by atoms with Crippen molar-refractivity contribution < 1.29 is 13.2 Å². The van der Waals surface area contributed by atoms with E-state index in [4.69, 9.17) is 4.74 Å². The monoisotopic (exact) mass is 423 g/mol. The summed E-state index contributed by atoms with van der Waals surface area (Å²) in [5.41, 5.74) is 1.13. The Labute approximate surface area is 176 Å². The molecule has 0 atom stereocenters. The smallest absolute Gasteiger partial charge is 0.193 e. The van der Waals surface area contributed by atoms with E-state index >= 15 is 0 Å². The number of nitrogens with one attached hydrogen (secondary N) is 1. The third-order valence-corrected chi connectivity index (χ3v) is 6.89. The number of aliphatic imine (C=N–C) groups is 1. The van der Waals surface area contributed by atoms with Crippen LogP contribution in [-0.2, 0) is 20.0 Å². The van der Waals surface area contributed by atoms with E-state index in [1.54, 1.807) is 12.1 Å². The Kier molecular flexibility index (Phi) is 8.52. The molecular weight excluding hydrogens is 386 g/mol. The highest BCUT2D eigenvalue weighted by Gasteiger charge is 2.22. The molecule has 1 heterocycles. The molecule has 0 radical (unpaired) electrons. The first kappa shape index (κ1) is 23.7. The molecule has 0 spiro atoms. The minimum atomic E-state index is -3.35. The van der Waals surface area contributed by atoms with Gasteiger partial charge in [-0.05, 0) is 49.8 Å². The van der Waals surface area contributed by atoms with Gasteiger partial charge in [-0.1, -0.05) is 32.9 Å². The fraction of sp³-hybridized carbons (Fsp3) is 0.682. The molecule has 0 amide bonds. The minimum Gasteiger partial charge on any atom is -0.378 e. The molecule has 0 aromatic heterocycles. The van der Waals surface area contributed by atoms with Crippen molar-refractivity contribution in [3.05, 3.63) is 29.8 Å². The molecule has 1 saturated heterocycles. The lowest BCUT2D eigenvalue weighted by Crippen LogP contribution is -2.47. The maximum Gasteiger partial charge on any atom is 0.193 e. The van der Waals surface area contributed by atoms with Crippen molar-refractivity contribution in [2.75, 3.05) is 38.5 Å². The molecule has 6 nitrogen and oxygen atoms in total. The Morgan fingerprint density at radius 1 is 1.17 bits per heavy atom. The summed E-state index contributed by atoms with van der Waals surface area (Å²) in [5.74, 6) is 0.798. The quantitative estimate of drug-likeness (QED) is 0.539. The van der Waals surface area contributed by atoms with Crippen LogP contribution in [0.25, 0.3) is 0 Å². The minimum absolute atomic E-state index is 0.00290. The number of piperidine rings is 1. The molecule has 1 aromatic carbocycles. The topological polar surface area (TPSA) is 71.0 Å². The van der Waals surface area contributed by atoms with Gasteiger partial charge >= 0.3 is 0 Å². The Balaban J connectivity index is 1.99. The lowest BCUT2D eigenvalue weighted by molar-refractivity contribution is 0.0264. The van der Waals surface area contributed by atoms with Gasteiger partial charge in [0.25, 0.3) is 0 Å². The van der Waals surface area contributed by atoms with Crippen LogP contribution in [-0.4, -0.2) is 63.9 Å². The molecule has 0 saturated carbocycles. The van der Waals surface area contributed by atoms with Gasteiger partial charge in [-0.25, -0.2) is 8.42 Å². The Morgan fingerprint density at radius 3 is 2.31 bits per heavy atom. The second-order valence-corrected chi connectivity index (χ2v) is 10.6. The van der Waals surface area contributed by atoms with Crippen molar-refractivity contribution in [2.45, 2.75) is 63.9 Å². The summed E-state index contributed by atoms with van der Waals surface area (Å²) in [6, 6.07) is 7.23. The first-order chi connectivity index (χ1) is 13.7. The number of hydrogen-bond donors (Lipinski definition) is 1. The predicted octanol–water partition coefficient (Wildman–Crippen LogP) is 3.22. The standard InChI is InChI=1S/C22H37N3O3S/c1-6-23-21(25-15-12-19(13-16-25)28-7-2)24-14-17-29(26,27)20-10-8-18(9-11-20)22(3,4)5/h8-11,19H,6-7,12-17H2,1-5H3,(H,23,24). The molecular formula is C22H37N3O3S. The van der Waals surface area contributed by atoms with Gasteiger partial charge in [-0.15, -0.1) is 0 Å². The fourth-order valence-electron chi connectivity index (χ4n) is 3.45. The molecule has 2 rings (SSSR count). The average molecular weight is 424 g/mol. The van der Waals surface area contributed by atoms with E-state index in [0.29, 0.717) is 11.0 Å². The number of rotatable bonds is 7. The van der Waals surface area contributed by atoms with E-state index < -0.39 is 9.84 Å². The number of benzene rings is 1. The molecule has 7 heteroatoms. The van der Waals surface area contributed by atoms with Crippen LogP contribution in [0.15, 0.2) is 34.2 Å². The molecule has 164 valence electrons. The zero-order valence-corrected chi connectivity index (χ0v) is 19.4. The van der Waals surface area contributed by atoms with Gasteiger partial charge in [0.15, 0.2) is 15.8 Å². The number of guanidine groups is 1. The van der Waals surface area contributed by atoms with Crippen LogP contribution in [0.3, 0.4) is 0 Å². The zero-order valence-electron chi connectivity index (χ0n) is 18.6. The molecule has 0 unspecified atom stereocenters.